The van der Waals surface area contributed by atoms with Crippen molar-refractivity contribution in [2.75, 3.05) is 5.32 Å². The summed E-state index contributed by atoms with van der Waals surface area (Å²) in [4.78, 5) is 21.0. The summed E-state index contributed by atoms with van der Waals surface area (Å²) >= 11 is 1.82. The third-order valence-electron chi connectivity index (χ3n) is 5.08. The van der Waals surface area contributed by atoms with E-state index in [0.717, 1.165) is 29.4 Å². The standard InChI is InChI=1S/C21H25N3S.CH2O3/c1-2-17-13-18-20(22-14-15-9-5-3-6-10-15)23-19(24-21(18)25-17)16-11-7-4-8-12-16;2-1(3)4/h3,5-6,9-10,13,16H,2,4,7-8,11-12,14H2,1H3,(H,22,23,24);(H2,2,3,4). The van der Waals surface area contributed by atoms with Crippen LogP contribution in [0.4, 0.5) is 10.6 Å². The van der Waals surface area contributed by atoms with E-state index in [1.165, 1.54) is 47.9 Å². The van der Waals surface area contributed by atoms with Gasteiger partial charge in [-0.05, 0) is 30.9 Å². The monoisotopic (exact) mass is 413 g/mol. The van der Waals surface area contributed by atoms with Gasteiger partial charge in [0.1, 0.15) is 16.5 Å². The minimum Gasteiger partial charge on any atom is -0.450 e. The van der Waals surface area contributed by atoms with Gasteiger partial charge < -0.3 is 15.5 Å². The lowest BCUT2D eigenvalue weighted by Gasteiger charge is -2.21. The Morgan fingerprint density at radius 3 is 2.48 bits per heavy atom. The molecule has 0 amide bonds. The highest BCUT2D eigenvalue weighted by Crippen LogP contribution is 2.35. The highest BCUT2D eigenvalue weighted by atomic mass is 32.1. The predicted octanol–water partition coefficient (Wildman–Crippen LogP) is 6.14. The molecule has 0 atom stereocenters. The van der Waals surface area contributed by atoms with Gasteiger partial charge in [0.05, 0.1) is 5.39 Å². The number of hydrogen-bond donors (Lipinski definition) is 3. The molecule has 29 heavy (non-hydrogen) atoms. The van der Waals surface area contributed by atoms with Crippen LogP contribution >= 0.6 is 11.3 Å². The molecule has 0 radical (unpaired) electrons. The average molecular weight is 414 g/mol. The molecule has 6 nitrogen and oxygen atoms in total. The van der Waals surface area contributed by atoms with Crippen LogP contribution in [0.2, 0.25) is 0 Å². The number of rotatable bonds is 5. The number of hydrogen-bond acceptors (Lipinski definition) is 5. The maximum absolute atomic E-state index is 8.56. The number of fused-ring (bicyclic) bond motifs is 1. The van der Waals surface area contributed by atoms with E-state index in [1.807, 2.05) is 11.3 Å². The molecular formula is C22H27N3O3S. The third kappa shape index (κ3) is 5.90. The Kier molecular flexibility index (Phi) is 7.41. The smallest absolute Gasteiger partial charge is 0.450 e. The summed E-state index contributed by atoms with van der Waals surface area (Å²) in [6, 6.07) is 12.8. The summed E-state index contributed by atoms with van der Waals surface area (Å²) in [5.41, 5.74) is 1.28. The Hall–Kier alpha value is -2.67. The van der Waals surface area contributed by atoms with Crippen molar-refractivity contribution in [1.29, 1.82) is 0 Å². The zero-order valence-corrected chi connectivity index (χ0v) is 17.4. The van der Waals surface area contributed by atoms with Crippen LogP contribution in [-0.2, 0) is 13.0 Å². The summed E-state index contributed by atoms with van der Waals surface area (Å²) in [6.07, 6.45) is 5.66. The van der Waals surface area contributed by atoms with Crippen LogP contribution < -0.4 is 5.32 Å². The van der Waals surface area contributed by atoms with Gasteiger partial charge in [0.2, 0.25) is 0 Å². The number of aromatic nitrogens is 2. The topological polar surface area (TPSA) is 95.3 Å². The Morgan fingerprint density at radius 2 is 1.83 bits per heavy atom. The molecule has 0 unspecified atom stereocenters. The molecule has 0 saturated heterocycles. The van der Waals surface area contributed by atoms with E-state index in [9.17, 15) is 0 Å². The summed E-state index contributed by atoms with van der Waals surface area (Å²) in [7, 11) is 0. The minimum absolute atomic E-state index is 0.530. The highest BCUT2D eigenvalue weighted by molar-refractivity contribution is 7.18. The lowest BCUT2D eigenvalue weighted by Crippen LogP contribution is -2.11. The molecule has 1 saturated carbocycles. The zero-order chi connectivity index (χ0) is 20.6. The van der Waals surface area contributed by atoms with Gasteiger partial charge in [0.25, 0.3) is 0 Å². The fourth-order valence-electron chi connectivity index (χ4n) is 3.62. The van der Waals surface area contributed by atoms with E-state index < -0.39 is 6.16 Å². The van der Waals surface area contributed by atoms with Crippen LogP contribution in [0.15, 0.2) is 36.4 Å². The van der Waals surface area contributed by atoms with Gasteiger partial charge in [-0.3, -0.25) is 0 Å². The molecule has 0 spiro atoms. The SMILES string of the molecule is CCc1cc2c(NCc3ccccc3)nc(C3CCCCC3)nc2s1.O=C(O)O. The van der Waals surface area contributed by atoms with Crippen molar-refractivity contribution >= 4 is 33.5 Å². The molecule has 2 aromatic heterocycles. The molecule has 2 heterocycles. The molecular weight excluding hydrogens is 386 g/mol. The van der Waals surface area contributed by atoms with Gasteiger partial charge in [-0.15, -0.1) is 11.3 Å². The molecule has 1 aromatic carbocycles. The first-order valence-corrected chi connectivity index (χ1v) is 10.9. The maximum atomic E-state index is 8.56. The number of benzene rings is 1. The second kappa shape index (κ2) is 10.2. The number of carboxylic acid groups (broad SMARTS) is 2. The molecule has 154 valence electrons. The number of thiophene rings is 1. The van der Waals surface area contributed by atoms with Gasteiger partial charge in [0.15, 0.2) is 0 Å². The lowest BCUT2D eigenvalue weighted by atomic mass is 9.88. The summed E-state index contributed by atoms with van der Waals surface area (Å²) in [5, 5.41) is 18.7. The summed E-state index contributed by atoms with van der Waals surface area (Å²) in [5.74, 6) is 2.58. The van der Waals surface area contributed by atoms with Gasteiger partial charge >= 0.3 is 6.16 Å². The average Bonchev–Trinajstić information content (AvgIpc) is 3.16. The van der Waals surface area contributed by atoms with Crippen molar-refractivity contribution in [1.82, 2.24) is 9.97 Å². The molecule has 4 rings (SSSR count). The van der Waals surface area contributed by atoms with E-state index >= 15 is 0 Å². The second-order valence-electron chi connectivity index (χ2n) is 7.17. The van der Waals surface area contributed by atoms with Crippen molar-refractivity contribution in [2.45, 2.75) is 57.9 Å². The van der Waals surface area contributed by atoms with E-state index in [-0.39, 0.29) is 0 Å². The Bertz CT molecular complexity index is 933. The lowest BCUT2D eigenvalue weighted by molar-refractivity contribution is 0.137. The molecule has 1 aliphatic rings. The summed E-state index contributed by atoms with van der Waals surface area (Å²) in [6.45, 7) is 3.01. The van der Waals surface area contributed by atoms with Crippen molar-refractivity contribution in [3.05, 3.63) is 52.7 Å². The highest BCUT2D eigenvalue weighted by Gasteiger charge is 2.21. The van der Waals surface area contributed by atoms with E-state index in [1.54, 1.807) is 0 Å². The molecule has 3 N–H and O–H groups in total. The molecule has 1 fully saturated rings. The van der Waals surface area contributed by atoms with Gasteiger partial charge in [-0.25, -0.2) is 14.8 Å². The van der Waals surface area contributed by atoms with Crippen LogP contribution in [0.3, 0.4) is 0 Å². The molecule has 0 bridgehead atoms. The van der Waals surface area contributed by atoms with Crippen LogP contribution in [0, 0.1) is 0 Å². The zero-order valence-electron chi connectivity index (χ0n) is 16.6. The maximum Gasteiger partial charge on any atom is 0.503 e. The number of aryl methyl sites for hydroxylation is 1. The minimum atomic E-state index is -1.83. The van der Waals surface area contributed by atoms with Crippen LogP contribution in [0.1, 0.15) is 61.2 Å². The number of anilines is 1. The first-order valence-electron chi connectivity index (χ1n) is 10.1. The van der Waals surface area contributed by atoms with Gasteiger partial charge in [0, 0.05) is 17.3 Å². The molecule has 3 aromatic rings. The van der Waals surface area contributed by atoms with E-state index in [4.69, 9.17) is 25.0 Å². The molecule has 0 aliphatic heterocycles. The van der Waals surface area contributed by atoms with Crippen LogP contribution in [0.25, 0.3) is 10.2 Å². The van der Waals surface area contributed by atoms with Gasteiger partial charge in [-0.1, -0.05) is 56.5 Å². The van der Waals surface area contributed by atoms with Gasteiger partial charge in [-0.2, -0.15) is 0 Å². The fourth-order valence-corrected chi connectivity index (χ4v) is 4.60. The second-order valence-corrected chi connectivity index (χ2v) is 8.29. The number of nitrogens with zero attached hydrogens (tertiary/aromatic N) is 2. The van der Waals surface area contributed by atoms with Crippen LogP contribution in [0.5, 0.6) is 0 Å². The first-order chi connectivity index (χ1) is 14.1. The predicted molar refractivity (Wildman–Crippen MR) is 117 cm³/mol. The largest absolute Gasteiger partial charge is 0.503 e. The molecule has 7 heteroatoms. The normalized spacial score (nSPS) is 14.2. The first kappa shape index (κ1) is 21.0. The Morgan fingerprint density at radius 1 is 1.14 bits per heavy atom. The fraction of sp³-hybridized carbons (Fsp3) is 0.409. The van der Waals surface area contributed by atoms with E-state index in [2.05, 4.69) is 48.6 Å². The third-order valence-corrected chi connectivity index (χ3v) is 6.26. The number of nitrogens with one attached hydrogen (secondary N) is 1. The van der Waals surface area contributed by atoms with E-state index in [0.29, 0.717) is 5.92 Å². The summed E-state index contributed by atoms with van der Waals surface area (Å²) < 4.78 is 0. The molecule has 1 aliphatic carbocycles. The Balaban J connectivity index is 0.000000552. The van der Waals surface area contributed by atoms with Crippen molar-refractivity contribution < 1.29 is 15.0 Å². The number of carbonyl (C=O) groups is 1. The Labute approximate surface area is 174 Å². The van der Waals surface area contributed by atoms with Crippen molar-refractivity contribution in [2.24, 2.45) is 0 Å². The van der Waals surface area contributed by atoms with Crippen molar-refractivity contribution in [3.8, 4) is 0 Å². The van der Waals surface area contributed by atoms with Crippen molar-refractivity contribution in [3.63, 3.8) is 0 Å². The van der Waals surface area contributed by atoms with Crippen LogP contribution in [-0.4, -0.2) is 26.3 Å². The quantitative estimate of drug-likeness (QED) is 0.465.